The van der Waals surface area contributed by atoms with Gasteiger partial charge in [0.2, 0.25) is 5.95 Å². The summed E-state index contributed by atoms with van der Waals surface area (Å²) in [5.74, 6) is 0.243. The van der Waals surface area contributed by atoms with Crippen LogP contribution in [-0.4, -0.2) is 52.1 Å². The van der Waals surface area contributed by atoms with E-state index in [2.05, 4.69) is 25.3 Å². The van der Waals surface area contributed by atoms with Gasteiger partial charge in [-0.25, -0.2) is 15.0 Å². The van der Waals surface area contributed by atoms with Gasteiger partial charge in [0.15, 0.2) is 0 Å². The number of rotatable bonds is 5. The van der Waals surface area contributed by atoms with Crippen molar-refractivity contribution in [2.45, 2.75) is 26.8 Å². The maximum absolute atomic E-state index is 12.7. The Labute approximate surface area is 157 Å². The number of nitrogens with one attached hydrogen (secondary N) is 2. The fourth-order valence-electron chi connectivity index (χ4n) is 2.96. The van der Waals surface area contributed by atoms with Gasteiger partial charge < -0.3 is 15.0 Å². The molecule has 1 fully saturated rings. The summed E-state index contributed by atoms with van der Waals surface area (Å²) in [4.78, 5) is 42.2. The van der Waals surface area contributed by atoms with Crippen molar-refractivity contribution in [3.63, 3.8) is 0 Å². The minimum Gasteiger partial charge on any atom is -0.378 e. The van der Waals surface area contributed by atoms with Crippen molar-refractivity contribution in [1.82, 2.24) is 25.3 Å². The second kappa shape index (κ2) is 8.26. The molecule has 0 bridgehead atoms. The first-order valence-electron chi connectivity index (χ1n) is 8.97. The van der Waals surface area contributed by atoms with Crippen molar-refractivity contribution in [2.24, 2.45) is 5.92 Å². The predicted octanol–water partition coefficient (Wildman–Crippen LogP) is 0.832. The molecule has 2 aromatic heterocycles. The van der Waals surface area contributed by atoms with Crippen molar-refractivity contribution in [1.29, 1.82) is 0 Å². The van der Waals surface area contributed by atoms with E-state index in [-0.39, 0.29) is 17.4 Å². The summed E-state index contributed by atoms with van der Waals surface area (Å²) in [6.45, 7) is 8.19. The molecule has 1 saturated heterocycles. The first kappa shape index (κ1) is 19.0. The number of hydrogen-bond acceptors (Lipinski definition) is 7. The number of carbonyl (C=O) groups excluding carboxylic acids is 1. The van der Waals surface area contributed by atoms with Gasteiger partial charge in [-0.3, -0.25) is 14.6 Å². The van der Waals surface area contributed by atoms with Crippen molar-refractivity contribution < 1.29 is 9.53 Å². The molecule has 9 nitrogen and oxygen atoms in total. The Bertz CT molecular complexity index is 860. The van der Waals surface area contributed by atoms with Gasteiger partial charge in [-0.05, 0) is 12.8 Å². The van der Waals surface area contributed by atoms with E-state index in [1.807, 2.05) is 18.7 Å². The molecule has 0 spiro atoms. The van der Waals surface area contributed by atoms with Crippen molar-refractivity contribution in [3.8, 4) is 0 Å². The minimum atomic E-state index is -0.417. The zero-order valence-electron chi connectivity index (χ0n) is 15.7. The highest BCUT2D eigenvalue weighted by atomic mass is 16.5. The Morgan fingerprint density at radius 3 is 2.74 bits per heavy atom. The standard InChI is InChI=1S/C18H24N6O3/c1-11(2)16(23-17(26)13-9-19-10-20-12(13)3)14-8-15(25)22-18(21-14)24-4-6-27-7-5-24/h8-11,16H,4-7H2,1-3H3,(H,23,26)(H,21,22,25). The van der Waals surface area contributed by atoms with Gasteiger partial charge in [-0.1, -0.05) is 13.8 Å². The lowest BCUT2D eigenvalue weighted by Crippen LogP contribution is -2.39. The number of aromatic amines is 1. The van der Waals surface area contributed by atoms with Crippen LogP contribution in [0.15, 0.2) is 23.4 Å². The maximum Gasteiger partial charge on any atom is 0.255 e. The predicted molar refractivity (Wildman–Crippen MR) is 99.7 cm³/mol. The number of morpholine rings is 1. The fourth-order valence-corrected chi connectivity index (χ4v) is 2.96. The normalized spacial score (nSPS) is 15.6. The topological polar surface area (TPSA) is 113 Å². The lowest BCUT2D eigenvalue weighted by atomic mass is 10.00. The largest absolute Gasteiger partial charge is 0.378 e. The molecular weight excluding hydrogens is 348 g/mol. The number of aromatic nitrogens is 4. The lowest BCUT2D eigenvalue weighted by Gasteiger charge is -2.28. The smallest absolute Gasteiger partial charge is 0.255 e. The van der Waals surface area contributed by atoms with E-state index in [9.17, 15) is 9.59 Å². The van der Waals surface area contributed by atoms with E-state index in [0.717, 1.165) is 0 Å². The van der Waals surface area contributed by atoms with Crippen LogP contribution in [0, 0.1) is 12.8 Å². The Balaban J connectivity index is 1.88. The number of ether oxygens (including phenoxy) is 1. The number of amides is 1. The first-order valence-corrected chi connectivity index (χ1v) is 8.97. The van der Waals surface area contributed by atoms with Gasteiger partial charge in [-0.2, -0.15) is 0 Å². The van der Waals surface area contributed by atoms with E-state index in [1.165, 1.54) is 18.6 Å². The second-order valence-corrected chi connectivity index (χ2v) is 6.81. The average Bonchev–Trinajstić information content (AvgIpc) is 2.66. The van der Waals surface area contributed by atoms with Crippen LogP contribution in [-0.2, 0) is 4.74 Å². The molecular formula is C18H24N6O3. The van der Waals surface area contributed by atoms with Gasteiger partial charge in [0.1, 0.15) is 6.33 Å². The van der Waals surface area contributed by atoms with Crippen molar-refractivity contribution >= 4 is 11.9 Å². The highest BCUT2D eigenvalue weighted by Crippen LogP contribution is 2.21. The van der Waals surface area contributed by atoms with Crippen LogP contribution in [0.5, 0.6) is 0 Å². The van der Waals surface area contributed by atoms with E-state index < -0.39 is 6.04 Å². The van der Waals surface area contributed by atoms with Crippen molar-refractivity contribution in [3.05, 3.63) is 45.9 Å². The second-order valence-electron chi connectivity index (χ2n) is 6.81. The molecule has 144 valence electrons. The third kappa shape index (κ3) is 4.48. The van der Waals surface area contributed by atoms with Crippen LogP contribution in [0.1, 0.15) is 41.6 Å². The highest BCUT2D eigenvalue weighted by Gasteiger charge is 2.24. The molecule has 0 radical (unpaired) electrons. The number of H-pyrrole nitrogens is 1. The molecule has 1 aliphatic heterocycles. The quantitative estimate of drug-likeness (QED) is 0.799. The summed E-state index contributed by atoms with van der Waals surface area (Å²) in [7, 11) is 0. The molecule has 0 aliphatic carbocycles. The number of nitrogens with zero attached hydrogens (tertiary/aromatic N) is 4. The number of anilines is 1. The summed E-state index contributed by atoms with van der Waals surface area (Å²) in [5.41, 5.74) is 1.28. The molecule has 1 atom stereocenters. The monoisotopic (exact) mass is 372 g/mol. The first-order chi connectivity index (χ1) is 13.0. The SMILES string of the molecule is Cc1ncncc1C(=O)NC(c1cc(=O)[nH]c(N2CCOCC2)n1)C(C)C. The van der Waals surface area contributed by atoms with Gasteiger partial charge in [-0.15, -0.1) is 0 Å². The molecule has 1 amide bonds. The molecule has 0 saturated carbocycles. The van der Waals surface area contributed by atoms with E-state index in [1.54, 1.807) is 6.92 Å². The van der Waals surface area contributed by atoms with E-state index >= 15 is 0 Å². The summed E-state index contributed by atoms with van der Waals surface area (Å²) in [6, 6.07) is 1.02. The molecule has 2 N–H and O–H groups in total. The Hall–Kier alpha value is -2.81. The van der Waals surface area contributed by atoms with Gasteiger partial charge in [0.25, 0.3) is 11.5 Å². The van der Waals surface area contributed by atoms with Crippen LogP contribution < -0.4 is 15.8 Å². The molecule has 9 heteroatoms. The van der Waals surface area contributed by atoms with Crippen LogP contribution in [0.4, 0.5) is 5.95 Å². The summed E-state index contributed by atoms with van der Waals surface area (Å²) in [6.07, 6.45) is 2.89. The van der Waals surface area contributed by atoms with E-state index in [0.29, 0.717) is 49.2 Å². The number of aryl methyl sites for hydroxylation is 1. The summed E-state index contributed by atoms with van der Waals surface area (Å²) in [5, 5.41) is 2.97. The maximum atomic E-state index is 12.7. The van der Waals surface area contributed by atoms with Crippen LogP contribution >= 0.6 is 0 Å². The molecule has 2 aromatic rings. The summed E-state index contributed by atoms with van der Waals surface area (Å²) >= 11 is 0. The molecule has 1 aliphatic rings. The highest BCUT2D eigenvalue weighted by molar-refractivity contribution is 5.95. The van der Waals surface area contributed by atoms with Gasteiger partial charge in [0, 0.05) is 25.4 Å². The Morgan fingerprint density at radius 2 is 2.07 bits per heavy atom. The fraction of sp³-hybridized carbons (Fsp3) is 0.500. The molecule has 0 aromatic carbocycles. The lowest BCUT2D eigenvalue weighted by molar-refractivity contribution is 0.0923. The van der Waals surface area contributed by atoms with Crippen LogP contribution in [0.2, 0.25) is 0 Å². The van der Waals surface area contributed by atoms with Crippen molar-refractivity contribution in [2.75, 3.05) is 31.2 Å². The Morgan fingerprint density at radius 1 is 1.33 bits per heavy atom. The molecule has 27 heavy (non-hydrogen) atoms. The number of carbonyl (C=O) groups is 1. The Kier molecular flexibility index (Phi) is 5.80. The van der Waals surface area contributed by atoms with Crippen LogP contribution in [0.25, 0.3) is 0 Å². The molecule has 3 heterocycles. The summed E-state index contributed by atoms with van der Waals surface area (Å²) < 4.78 is 5.35. The van der Waals surface area contributed by atoms with Crippen LogP contribution in [0.3, 0.4) is 0 Å². The zero-order chi connectivity index (χ0) is 19.4. The van der Waals surface area contributed by atoms with Gasteiger partial charge in [0.05, 0.1) is 36.2 Å². The minimum absolute atomic E-state index is 0.0331. The molecule has 1 unspecified atom stereocenters. The molecule has 3 rings (SSSR count). The number of hydrogen-bond donors (Lipinski definition) is 2. The van der Waals surface area contributed by atoms with E-state index in [4.69, 9.17) is 4.74 Å². The average molecular weight is 372 g/mol. The third-order valence-corrected chi connectivity index (χ3v) is 4.49. The third-order valence-electron chi connectivity index (χ3n) is 4.49. The van der Waals surface area contributed by atoms with Gasteiger partial charge >= 0.3 is 0 Å². The zero-order valence-corrected chi connectivity index (χ0v) is 15.7.